The van der Waals surface area contributed by atoms with E-state index in [1.807, 2.05) is 12.1 Å². The van der Waals surface area contributed by atoms with Crippen molar-refractivity contribution in [1.29, 1.82) is 0 Å². The molecule has 1 fully saturated rings. The van der Waals surface area contributed by atoms with Gasteiger partial charge in [-0.1, -0.05) is 11.6 Å². The van der Waals surface area contributed by atoms with Gasteiger partial charge in [-0.15, -0.1) is 0 Å². The van der Waals surface area contributed by atoms with Crippen LogP contribution in [0.2, 0.25) is 5.02 Å². The fraction of sp³-hybridized carbons (Fsp3) is 0.562. The maximum Gasteiger partial charge on any atom is 0.322 e. The number of nitrogens with one attached hydrogen (secondary N) is 2. The molecule has 138 valence electrons. The smallest absolute Gasteiger partial charge is 0.322 e. The summed E-state index contributed by atoms with van der Waals surface area (Å²) in [6.45, 7) is 1.21. The first-order valence-electron chi connectivity index (χ1n) is 8.25. The molecule has 0 aromatic heterocycles. The number of carbonyl (C=O) groups is 1. The number of morpholine rings is 1. The predicted octanol–water partition coefficient (Wildman–Crippen LogP) is 1.61. The minimum atomic E-state index is -3.33. The lowest BCUT2D eigenvalue weighted by Gasteiger charge is -2.35. The molecule has 0 bridgehead atoms. The summed E-state index contributed by atoms with van der Waals surface area (Å²) in [5.74, 6) is 0. The van der Waals surface area contributed by atoms with Crippen molar-refractivity contribution in [1.82, 2.24) is 9.62 Å². The van der Waals surface area contributed by atoms with Gasteiger partial charge in [-0.25, -0.2) is 17.9 Å². The largest absolute Gasteiger partial charge is 0.377 e. The minimum Gasteiger partial charge on any atom is -0.377 e. The van der Waals surface area contributed by atoms with Gasteiger partial charge in [0.15, 0.2) is 0 Å². The Kier molecular flexibility index (Phi) is 5.52. The van der Waals surface area contributed by atoms with E-state index >= 15 is 0 Å². The van der Waals surface area contributed by atoms with Crippen molar-refractivity contribution in [2.24, 2.45) is 0 Å². The van der Waals surface area contributed by atoms with Gasteiger partial charge >= 0.3 is 6.03 Å². The van der Waals surface area contributed by atoms with Crippen LogP contribution in [0.15, 0.2) is 12.1 Å². The van der Waals surface area contributed by atoms with E-state index in [4.69, 9.17) is 16.3 Å². The summed E-state index contributed by atoms with van der Waals surface area (Å²) in [5, 5.41) is 3.38. The first kappa shape index (κ1) is 18.4. The molecule has 1 unspecified atom stereocenters. The van der Waals surface area contributed by atoms with Gasteiger partial charge in [-0.2, -0.15) is 0 Å². The molecular formula is C16H22ClN3O4S. The first-order valence-corrected chi connectivity index (χ1v) is 10.5. The van der Waals surface area contributed by atoms with Crippen LogP contribution in [0.3, 0.4) is 0 Å². The van der Waals surface area contributed by atoms with Crippen molar-refractivity contribution in [3.05, 3.63) is 28.3 Å². The number of anilines is 1. The summed E-state index contributed by atoms with van der Waals surface area (Å²) >= 11 is 6.30. The van der Waals surface area contributed by atoms with Gasteiger partial charge in [0, 0.05) is 13.1 Å². The highest BCUT2D eigenvalue weighted by Gasteiger charge is 2.28. The maximum absolute atomic E-state index is 12.7. The quantitative estimate of drug-likeness (QED) is 0.821. The Morgan fingerprint density at radius 2 is 2.08 bits per heavy atom. The molecule has 2 amide bonds. The van der Waals surface area contributed by atoms with E-state index < -0.39 is 10.0 Å². The molecule has 1 heterocycles. The second-order valence-corrected chi connectivity index (χ2v) is 8.67. The molecule has 1 aliphatic carbocycles. The van der Waals surface area contributed by atoms with Gasteiger partial charge in [-0.3, -0.25) is 0 Å². The Morgan fingerprint density at radius 1 is 1.36 bits per heavy atom. The van der Waals surface area contributed by atoms with Crippen molar-refractivity contribution in [2.45, 2.75) is 25.3 Å². The minimum absolute atomic E-state index is 0.115. The standard InChI is InChI=1S/C16H22ClN3O4S/c1-25(22,23)18-9-13-10-24-6-5-20(13)16(21)19-15-8-12-4-2-3-11(12)7-14(15)17/h7-8,13,18H,2-6,9-10H2,1H3,(H,19,21). The molecule has 9 heteroatoms. The summed E-state index contributed by atoms with van der Waals surface area (Å²) in [7, 11) is -3.33. The number of urea groups is 1. The molecule has 1 aliphatic heterocycles. The van der Waals surface area contributed by atoms with Crippen LogP contribution in [-0.4, -0.2) is 57.9 Å². The molecule has 7 nitrogen and oxygen atoms in total. The predicted molar refractivity (Wildman–Crippen MR) is 96.7 cm³/mol. The van der Waals surface area contributed by atoms with Crippen molar-refractivity contribution < 1.29 is 17.9 Å². The zero-order valence-electron chi connectivity index (χ0n) is 14.0. The van der Waals surface area contributed by atoms with Crippen molar-refractivity contribution in [3.63, 3.8) is 0 Å². The molecule has 0 spiro atoms. The maximum atomic E-state index is 12.7. The number of fused-ring (bicyclic) bond motifs is 1. The Bertz CT molecular complexity index is 769. The number of benzene rings is 1. The molecule has 3 rings (SSSR count). The number of nitrogens with zero attached hydrogens (tertiary/aromatic N) is 1. The highest BCUT2D eigenvalue weighted by Crippen LogP contribution is 2.31. The summed E-state index contributed by atoms with van der Waals surface area (Å²) in [4.78, 5) is 14.3. The summed E-state index contributed by atoms with van der Waals surface area (Å²) in [6.07, 6.45) is 4.21. The molecular weight excluding hydrogens is 366 g/mol. The number of hydrogen-bond acceptors (Lipinski definition) is 4. The van der Waals surface area contributed by atoms with Crippen LogP contribution in [0.25, 0.3) is 0 Å². The van der Waals surface area contributed by atoms with Gasteiger partial charge in [0.1, 0.15) is 0 Å². The lowest BCUT2D eigenvalue weighted by atomic mass is 10.1. The Morgan fingerprint density at radius 3 is 2.80 bits per heavy atom. The Hall–Kier alpha value is -1.35. The third-order valence-electron chi connectivity index (χ3n) is 4.49. The van der Waals surface area contributed by atoms with Crippen molar-refractivity contribution in [3.8, 4) is 0 Å². The van der Waals surface area contributed by atoms with E-state index in [9.17, 15) is 13.2 Å². The second-order valence-electron chi connectivity index (χ2n) is 6.43. The van der Waals surface area contributed by atoms with Crippen LogP contribution >= 0.6 is 11.6 Å². The fourth-order valence-corrected chi connectivity index (χ4v) is 3.94. The highest BCUT2D eigenvalue weighted by molar-refractivity contribution is 7.88. The zero-order chi connectivity index (χ0) is 18.0. The fourth-order valence-electron chi connectivity index (χ4n) is 3.22. The zero-order valence-corrected chi connectivity index (χ0v) is 15.6. The van der Waals surface area contributed by atoms with Crippen LogP contribution in [0, 0.1) is 0 Å². The lowest BCUT2D eigenvalue weighted by molar-refractivity contribution is 0.0176. The molecule has 1 aromatic rings. The number of aryl methyl sites for hydroxylation is 2. The summed E-state index contributed by atoms with van der Waals surface area (Å²) < 4.78 is 30.4. The summed E-state index contributed by atoms with van der Waals surface area (Å²) in [5.41, 5.74) is 3.05. The first-order chi connectivity index (χ1) is 11.8. The van der Waals surface area contributed by atoms with Gasteiger partial charge in [-0.05, 0) is 42.5 Å². The van der Waals surface area contributed by atoms with Crippen LogP contribution in [0.1, 0.15) is 17.5 Å². The Labute approximate surface area is 152 Å². The molecule has 0 saturated carbocycles. The number of amides is 2. The van der Waals surface area contributed by atoms with Crippen LogP contribution in [0.4, 0.5) is 10.5 Å². The van der Waals surface area contributed by atoms with Gasteiger partial charge < -0.3 is 15.0 Å². The van der Waals surface area contributed by atoms with E-state index in [2.05, 4.69) is 10.0 Å². The molecule has 0 radical (unpaired) electrons. The third-order valence-corrected chi connectivity index (χ3v) is 5.50. The number of sulfonamides is 1. The van der Waals surface area contributed by atoms with Crippen molar-refractivity contribution >= 4 is 33.3 Å². The Balaban J connectivity index is 1.70. The SMILES string of the molecule is CS(=O)(=O)NCC1COCCN1C(=O)Nc1cc2c(cc1Cl)CCC2. The van der Waals surface area contributed by atoms with E-state index in [0.717, 1.165) is 25.5 Å². The molecule has 1 atom stereocenters. The number of carbonyl (C=O) groups excluding carboxylic acids is 1. The number of rotatable bonds is 4. The number of ether oxygens (including phenoxy) is 1. The molecule has 2 N–H and O–H groups in total. The lowest BCUT2D eigenvalue weighted by Crippen LogP contribution is -2.54. The summed E-state index contributed by atoms with van der Waals surface area (Å²) in [6, 6.07) is 3.19. The molecule has 1 saturated heterocycles. The van der Waals surface area contributed by atoms with Gasteiger partial charge in [0.2, 0.25) is 10.0 Å². The molecule has 2 aliphatic rings. The highest BCUT2D eigenvalue weighted by atomic mass is 35.5. The monoisotopic (exact) mass is 387 g/mol. The van der Waals surface area contributed by atoms with Gasteiger partial charge in [0.05, 0.1) is 36.2 Å². The topological polar surface area (TPSA) is 87.7 Å². The van der Waals surface area contributed by atoms with Crippen LogP contribution in [0.5, 0.6) is 0 Å². The van der Waals surface area contributed by atoms with E-state index in [0.29, 0.717) is 23.9 Å². The van der Waals surface area contributed by atoms with Crippen LogP contribution < -0.4 is 10.0 Å². The van der Waals surface area contributed by atoms with E-state index in [-0.39, 0.29) is 25.2 Å². The van der Waals surface area contributed by atoms with Crippen LogP contribution in [-0.2, 0) is 27.6 Å². The third kappa shape index (κ3) is 4.63. The number of hydrogen-bond donors (Lipinski definition) is 2. The number of halogens is 1. The normalized spacial score (nSPS) is 20.4. The van der Waals surface area contributed by atoms with Gasteiger partial charge in [0.25, 0.3) is 0 Å². The molecule has 25 heavy (non-hydrogen) atoms. The van der Waals surface area contributed by atoms with E-state index in [1.165, 1.54) is 11.1 Å². The van der Waals surface area contributed by atoms with E-state index in [1.54, 1.807) is 4.90 Å². The average Bonchev–Trinajstić information content (AvgIpc) is 3.00. The average molecular weight is 388 g/mol. The second kappa shape index (κ2) is 7.49. The molecule has 1 aromatic carbocycles. The van der Waals surface area contributed by atoms with Crippen molar-refractivity contribution in [2.75, 3.05) is 37.9 Å².